The van der Waals surface area contributed by atoms with E-state index >= 15 is 0 Å². The molecule has 1 unspecified atom stereocenters. The SMILES string of the molecule is CCCC(C(=O)OCC)N1CCC(O)CC1. The number of hydrogen-bond acceptors (Lipinski definition) is 4. The van der Waals surface area contributed by atoms with Crippen molar-refractivity contribution in [2.75, 3.05) is 19.7 Å². The summed E-state index contributed by atoms with van der Waals surface area (Å²) in [6.45, 7) is 5.94. The zero-order valence-corrected chi connectivity index (χ0v) is 10.3. The molecule has 0 aromatic rings. The number of esters is 1. The van der Waals surface area contributed by atoms with Crippen LogP contribution in [0.5, 0.6) is 0 Å². The standard InChI is InChI=1S/C12H23NO3/c1-3-5-11(12(15)16-4-2)13-8-6-10(14)7-9-13/h10-11,14H,3-9H2,1-2H3. The van der Waals surface area contributed by atoms with Gasteiger partial charge in [-0.05, 0) is 26.2 Å². The van der Waals surface area contributed by atoms with Crippen molar-refractivity contribution in [1.29, 1.82) is 0 Å². The summed E-state index contributed by atoms with van der Waals surface area (Å²) in [5.41, 5.74) is 0. The molecule has 1 saturated heterocycles. The van der Waals surface area contributed by atoms with Gasteiger partial charge in [0.2, 0.25) is 0 Å². The maximum atomic E-state index is 11.8. The van der Waals surface area contributed by atoms with Gasteiger partial charge in [0.25, 0.3) is 0 Å². The van der Waals surface area contributed by atoms with Crippen LogP contribution in [-0.2, 0) is 9.53 Å². The number of rotatable bonds is 5. The number of ether oxygens (including phenoxy) is 1. The van der Waals surface area contributed by atoms with E-state index in [-0.39, 0.29) is 18.1 Å². The molecular weight excluding hydrogens is 206 g/mol. The molecule has 94 valence electrons. The van der Waals surface area contributed by atoms with Gasteiger partial charge in [-0.15, -0.1) is 0 Å². The lowest BCUT2D eigenvalue weighted by Crippen LogP contribution is -2.47. The maximum Gasteiger partial charge on any atom is 0.323 e. The Morgan fingerprint density at radius 2 is 2.06 bits per heavy atom. The number of likely N-dealkylation sites (tertiary alicyclic amines) is 1. The van der Waals surface area contributed by atoms with E-state index in [1.807, 2.05) is 6.92 Å². The monoisotopic (exact) mass is 229 g/mol. The largest absolute Gasteiger partial charge is 0.465 e. The molecule has 1 heterocycles. The van der Waals surface area contributed by atoms with Gasteiger partial charge in [-0.25, -0.2) is 0 Å². The maximum absolute atomic E-state index is 11.8. The highest BCUT2D eigenvalue weighted by Crippen LogP contribution is 2.17. The molecule has 4 heteroatoms. The molecule has 0 amide bonds. The lowest BCUT2D eigenvalue weighted by atomic mass is 10.0. The molecule has 0 saturated carbocycles. The normalized spacial score (nSPS) is 20.7. The number of aliphatic hydroxyl groups excluding tert-OH is 1. The number of aliphatic hydroxyl groups is 1. The molecule has 1 atom stereocenters. The Kier molecular flexibility index (Phi) is 5.77. The van der Waals surface area contributed by atoms with E-state index in [0.717, 1.165) is 38.8 Å². The third kappa shape index (κ3) is 3.76. The Hall–Kier alpha value is -0.610. The lowest BCUT2D eigenvalue weighted by Gasteiger charge is -2.34. The lowest BCUT2D eigenvalue weighted by molar-refractivity contribution is -0.150. The molecule has 1 aliphatic heterocycles. The first kappa shape index (κ1) is 13.5. The van der Waals surface area contributed by atoms with Gasteiger partial charge in [-0.1, -0.05) is 13.3 Å². The summed E-state index contributed by atoms with van der Waals surface area (Å²) in [4.78, 5) is 13.9. The fourth-order valence-corrected chi connectivity index (χ4v) is 2.16. The third-order valence-corrected chi connectivity index (χ3v) is 3.06. The van der Waals surface area contributed by atoms with Crippen molar-refractivity contribution in [2.24, 2.45) is 0 Å². The third-order valence-electron chi connectivity index (χ3n) is 3.06. The number of carbonyl (C=O) groups is 1. The summed E-state index contributed by atoms with van der Waals surface area (Å²) in [7, 11) is 0. The first-order valence-corrected chi connectivity index (χ1v) is 6.27. The van der Waals surface area contributed by atoms with E-state index in [2.05, 4.69) is 11.8 Å². The smallest absolute Gasteiger partial charge is 0.323 e. The summed E-state index contributed by atoms with van der Waals surface area (Å²) in [5, 5.41) is 9.44. The summed E-state index contributed by atoms with van der Waals surface area (Å²) in [6.07, 6.45) is 3.15. The van der Waals surface area contributed by atoms with Crippen LogP contribution in [-0.4, -0.2) is 47.8 Å². The Balaban J connectivity index is 2.51. The van der Waals surface area contributed by atoms with Gasteiger partial charge in [0, 0.05) is 13.1 Å². The van der Waals surface area contributed by atoms with Crippen LogP contribution >= 0.6 is 0 Å². The van der Waals surface area contributed by atoms with Crippen molar-refractivity contribution >= 4 is 5.97 Å². The minimum Gasteiger partial charge on any atom is -0.465 e. The predicted molar refractivity (Wildman–Crippen MR) is 62.1 cm³/mol. The van der Waals surface area contributed by atoms with Crippen molar-refractivity contribution in [1.82, 2.24) is 4.90 Å². The van der Waals surface area contributed by atoms with Gasteiger partial charge in [0.1, 0.15) is 6.04 Å². The highest BCUT2D eigenvalue weighted by Gasteiger charge is 2.29. The van der Waals surface area contributed by atoms with Crippen molar-refractivity contribution in [2.45, 2.75) is 51.7 Å². The second-order valence-corrected chi connectivity index (χ2v) is 4.32. The minimum absolute atomic E-state index is 0.110. The van der Waals surface area contributed by atoms with E-state index in [1.165, 1.54) is 0 Å². The number of piperidine rings is 1. The fourth-order valence-electron chi connectivity index (χ4n) is 2.16. The molecule has 0 aliphatic carbocycles. The molecule has 1 fully saturated rings. The van der Waals surface area contributed by atoms with E-state index in [9.17, 15) is 9.90 Å². The van der Waals surface area contributed by atoms with E-state index in [0.29, 0.717) is 6.61 Å². The molecule has 0 bridgehead atoms. The second-order valence-electron chi connectivity index (χ2n) is 4.32. The van der Waals surface area contributed by atoms with Crippen LogP contribution in [0.1, 0.15) is 39.5 Å². The first-order valence-electron chi connectivity index (χ1n) is 6.27. The first-order chi connectivity index (χ1) is 7.69. The molecule has 0 spiro atoms. The Morgan fingerprint density at radius 3 is 2.56 bits per heavy atom. The van der Waals surface area contributed by atoms with Gasteiger partial charge >= 0.3 is 5.97 Å². The van der Waals surface area contributed by atoms with Gasteiger partial charge in [0.05, 0.1) is 12.7 Å². The zero-order valence-electron chi connectivity index (χ0n) is 10.3. The van der Waals surface area contributed by atoms with Crippen LogP contribution in [0.2, 0.25) is 0 Å². The molecular formula is C12H23NO3. The molecule has 16 heavy (non-hydrogen) atoms. The topological polar surface area (TPSA) is 49.8 Å². The summed E-state index contributed by atoms with van der Waals surface area (Å²) < 4.78 is 5.09. The Labute approximate surface area is 97.6 Å². The van der Waals surface area contributed by atoms with Crippen LogP contribution in [0.3, 0.4) is 0 Å². The molecule has 0 aromatic heterocycles. The van der Waals surface area contributed by atoms with E-state index in [4.69, 9.17) is 4.74 Å². The average Bonchev–Trinajstić information content (AvgIpc) is 2.28. The van der Waals surface area contributed by atoms with Crippen molar-refractivity contribution in [3.8, 4) is 0 Å². The highest BCUT2D eigenvalue weighted by atomic mass is 16.5. The summed E-state index contributed by atoms with van der Waals surface area (Å²) in [6, 6.07) is -0.113. The van der Waals surface area contributed by atoms with Crippen LogP contribution < -0.4 is 0 Å². The number of nitrogens with zero attached hydrogens (tertiary/aromatic N) is 1. The molecule has 1 N–H and O–H groups in total. The second kappa shape index (κ2) is 6.86. The van der Waals surface area contributed by atoms with Crippen LogP contribution in [0.4, 0.5) is 0 Å². The predicted octanol–water partition coefficient (Wildman–Crippen LogP) is 1.17. The van der Waals surface area contributed by atoms with Crippen LogP contribution in [0.15, 0.2) is 0 Å². The fraction of sp³-hybridized carbons (Fsp3) is 0.917. The van der Waals surface area contributed by atoms with Crippen molar-refractivity contribution in [3.05, 3.63) is 0 Å². The van der Waals surface area contributed by atoms with E-state index < -0.39 is 0 Å². The van der Waals surface area contributed by atoms with Gasteiger partial charge in [-0.3, -0.25) is 9.69 Å². The number of hydrogen-bond donors (Lipinski definition) is 1. The van der Waals surface area contributed by atoms with Crippen molar-refractivity contribution < 1.29 is 14.6 Å². The Morgan fingerprint density at radius 1 is 1.44 bits per heavy atom. The zero-order chi connectivity index (χ0) is 12.0. The average molecular weight is 229 g/mol. The number of carbonyl (C=O) groups excluding carboxylic acids is 1. The molecule has 4 nitrogen and oxygen atoms in total. The highest BCUT2D eigenvalue weighted by molar-refractivity contribution is 5.75. The quantitative estimate of drug-likeness (QED) is 0.719. The van der Waals surface area contributed by atoms with E-state index in [1.54, 1.807) is 0 Å². The van der Waals surface area contributed by atoms with Gasteiger partial charge in [-0.2, -0.15) is 0 Å². The Bertz CT molecular complexity index is 212. The molecule has 1 aliphatic rings. The van der Waals surface area contributed by atoms with Crippen LogP contribution in [0, 0.1) is 0 Å². The van der Waals surface area contributed by atoms with Crippen LogP contribution in [0.25, 0.3) is 0 Å². The van der Waals surface area contributed by atoms with Crippen molar-refractivity contribution in [3.63, 3.8) is 0 Å². The molecule has 0 aromatic carbocycles. The molecule has 1 rings (SSSR count). The minimum atomic E-state index is -0.194. The summed E-state index contributed by atoms with van der Waals surface area (Å²) >= 11 is 0. The summed E-state index contributed by atoms with van der Waals surface area (Å²) in [5.74, 6) is -0.110. The van der Waals surface area contributed by atoms with Gasteiger partial charge in [0.15, 0.2) is 0 Å². The molecule has 0 radical (unpaired) electrons. The van der Waals surface area contributed by atoms with Gasteiger partial charge < -0.3 is 9.84 Å².